The smallest absolute Gasteiger partial charge is 0.338 e. The molecule has 0 saturated heterocycles. The molecule has 176 valence electrons. The number of carbonyl (C=O) groups is 1. The molecule has 0 spiro atoms. The van der Waals surface area contributed by atoms with Crippen molar-refractivity contribution in [1.82, 2.24) is 9.97 Å². The molecule has 0 bridgehead atoms. The predicted octanol–water partition coefficient (Wildman–Crippen LogP) is 5.60. The zero-order valence-electron chi connectivity index (χ0n) is 19.0. The SMILES string of the molecule is CCc1nc(N[C@@H]2c3ccccc3CC[C@H]2OC(=O)c2ccc([N+](=O)[O-])cc2)c(CC)nc1Br. The van der Waals surface area contributed by atoms with Gasteiger partial charge >= 0.3 is 5.97 Å². The number of ether oxygens (including phenoxy) is 1. The molecule has 0 radical (unpaired) electrons. The van der Waals surface area contributed by atoms with Crippen molar-refractivity contribution < 1.29 is 14.5 Å². The van der Waals surface area contributed by atoms with Crippen LogP contribution in [0.4, 0.5) is 11.5 Å². The first-order valence-electron chi connectivity index (χ1n) is 11.3. The minimum atomic E-state index is -0.516. The zero-order chi connectivity index (χ0) is 24.2. The first-order valence-corrected chi connectivity index (χ1v) is 12.1. The van der Waals surface area contributed by atoms with E-state index >= 15 is 0 Å². The van der Waals surface area contributed by atoms with E-state index in [-0.39, 0.29) is 17.3 Å². The average molecular weight is 525 g/mol. The number of nitrogens with one attached hydrogen (secondary N) is 1. The van der Waals surface area contributed by atoms with Crippen molar-refractivity contribution in [2.75, 3.05) is 5.32 Å². The highest BCUT2D eigenvalue weighted by Crippen LogP contribution is 2.36. The molecule has 2 atom stereocenters. The van der Waals surface area contributed by atoms with Crippen LogP contribution < -0.4 is 5.32 Å². The van der Waals surface area contributed by atoms with E-state index in [0.717, 1.165) is 34.4 Å². The Bertz CT molecular complexity index is 1220. The van der Waals surface area contributed by atoms with Crippen LogP contribution in [0.15, 0.2) is 53.1 Å². The number of nitro groups is 1. The highest BCUT2D eigenvalue weighted by molar-refractivity contribution is 9.10. The number of nitro benzene ring substituents is 1. The summed E-state index contributed by atoms with van der Waals surface area (Å²) in [4.78, 5) is 32.8. The van der Waals surface area contributed by atoms with Crippen LogP contribution in [-0.4, -0.2) is 27.0 Å². The Kier molecular flexibility index (Phi) is 7.21. The van der Waals surface area contributed by atoms with E-state index in [0.29, 0.717) is 18.7 Å². The molecule has 4 rings (SSSR count). The van der Waals surface area contributed by atoms with Gasteiger partial charge in [0.15, 0.2) is 0 Å². The summed E-state index contributed by atoms with van der Waals surface area (Å²) in [6, 6.07) is 13.2. The van der Waals surface area contributed by atoms with Crippen LogP contribution in [-0.2, 0) is 24.0 Å². The lowest BCUT2D eigenvalue weighted by Crippen LogP contribution is -2.35. The third-order valence-electron chi connectivity index (χ3n) is 5.99. The first kappa shape index (κ1) is 23.8. The van der Waals surface area contributed by atoms with Crippen LogP contribution in [0.3, 0.4) is 0 Å². The maximum absolute atomic E-state index is 12.9. The normalized spacial score (nSPS) is 17.0. The van der Waals surface area contributed by atoms with Gasteiger partial charge in [0.2, 0.25) is 0 Å². The lowest BCUT2D eigenvalue weighted by atomic mass is 9.85. The minimum absolute atomic E-state index is 0.0738. The molecular formula is C25H25BrN4O4. The van der Waals surface area contributed by atoms with E-state index in [1.165, 1.54) is 29.8 Å². The van der Waals surface area contributed by atoms with Crippen LogP contribution in [0.2, 0.25) is 0 Å². The molecule has 1 heterocycles. The Hall–Kier alpha value is -3.33. The van der Waals surface area contributed by atoms with Gasteiger partial charge in [0, 0.05) is 12.1 Å². The third-order valence-corrected chi connectivity index (χ3v) is 6.62. The monoisotopic (exact) mass is 524 g/mol. The molecule has 0 saturated carbocycles. The van der Waals surface area contributed by atoms with Gasteiger partial charge in [-0.15, -0.1) is 0 Å². The summed E-state index contributed by atoms with van der Waals surface area (Å²) in [7, 11) is 0. The number of hydrogen-bond donors (Lipinski definition) is 1. The van der Waals surface area contributed by atoms with Crippen molar-refractivity contribution in [3.63, 3.8) is 0 Å². The number of carbonyl (C=O) groups excluding carboxylic acids is 1. The summed E-state index contributed by atoms with van der Waals surface area (Å²) in [5.41, 5.74) is 4.13. The summed E-state index contributed by atoms with van der Waals surface area (Å²) in [6.45, 7) is 4.04. The fourth-order valence-electron chi connectivity index (χ4n) is 4.17. The quantitative estimate of drug-likeness (QED) is 0.243. The number of esters is 1. The number of fused-ring (bicyclic) bond motifs is 1. The number of nitrogens with zero attached hydrogens (tertiary/aromatic N) is 3. The second-order valence-electron chi connectivity index (χ2n) is 8.07. The molecule has 1 N–H and O–H groups in total. The number of halogens is 1. The first-order chi connectivity index (χ1) is 16.4. The van der Waals surface area contributed by atoms with E-state index in [1.54, 1.807) is 0 Å². The summed E-state index contributed by atoms with van der Waals surface area (Å²) in [5, 5.41) is 14.4. The lowest BCUT2D eigenvalue weighted by molar-refractivity contribution is -0.384. The van der Waals surface area contributed by atoms with Crippen molar-refractivity contribution in [1.29, 1.82) is 0 Å². The van der Waals surface area contributed by atoms with E-state index in [1.807, 2.05) is 32.0 Å². The molecule has 0 amide bonds. The number of aromatic nitrogens is 2. The highest BCUT2D eigenvalue weighted by Gasteiger charge is 2.33. The minimum Gasteiger partial charge on any atom is -0.456 e. The van der Waals surface area contributed by atoms with Gasteiger partial charge in [0.1, 0.15) is 16.5 Å². The van der Waals surface area contributed by atoms with Gasteiger partial charge in [-0.25, -0.2) is 14.8 Å². The number of anilines is 1. The molecule has 1 aliphatic carbocycles. The Labute approximate surface area is 206 Å². The number of hydrogen-bond acceptors (Lipinski definition) is 7. The molecule has 0 fully saturated rings. The van der Waals surface area contributed by atoms with Gasteiger partial charge in [-0.05, 0) is 64.9 Å². The summed E-state index contributed by atoms with van der Waals surface area (Å²) < 4.78 is 6.68. The maximum atomic E-state index is 12.9. The second kappa shape index (κ2) is 10.3. The predicted molar refractivity (Wildman–Crippen MR) is 132 cm³/mol. The van der Waals surface area contributed by atoms with Crippen molar-refractivity contribution in [2.45, 2.75) is 51.7 Å². The van der Waals surface area contributed by atoms with Crippen molar-refractivity contribution >= 4 is 33.4 Å². The van der Waals surface area contributed by atoms with E-state index < -0.39 is 17.0 Å². The Morgan fingerprint density at radius 1 is 1.12 bits per heavy atom. The van der Waals surface area contributed by atoms with Gasteiger partial charge in [-0.3, -0.25) is 10.1 Å². The van der Waals surface area contributed by atoms with E-state index in [9.17, 15) is 14.9 Å². The van der Waals surface area contributed by atoms with Gasteiger partial charge in [0.05, 0.1) is 27.9 Å². The van der Waals surface area contributed by atoms with Crippen molar-refractivity contribution in [3.05, 3.63) is 91.3 Å². The maximum Gasteiger partial charge on any atom is 0.338 e. The van der Waals surface area contributed by atoms with Crippen molar-refractivity contribution in [2.24, 2.45) is 0 Å². The molecule has 34 heavy (non-hydrogen) atoms. The van der Waals surface area contributed by atoms with Gasteiger partial charge in [0.25, 0.3) is 5.69 Å². The standard InChI is InChI=1S/C25H25BrN4O4/c1-3-19-23(26)27-20(4-2)24(28-19)29-22-18-8-6-5-7-15(18)11-14-21(22)34-25(31)16-9-12-17(13-10-16)30(32)33/h5-10,12-13,21-22H,3-4,11,14H2,1-2H3,(H,28,29)/t21-,22-/m1/s1. The number of aryl methyl sites for hydroxylation is 3. The Balaban J connectivity index is 1.65. The topological polar surface area (TPSA) is 107 Å². The van der Waals surface area contributed by atoms with Crippen molar-refractivity contribution in [3.8, 4) is 0 Å². The fourth-order valence-corrected chi connectivity index (χ4v) is 4.75. The molecule has 8 nitrogen and oxygen atoms in total. The highest BCUT2D eigenvalue weighted by atomic mass is 79.9. The van der Waals surface area contributed by atoms with Crippen LogP contribution in [0.5, 0.6) is 0 Å². The lowest BCUT2D eigenvalue weighted by Gasteiger charge is -2.34. The molecule has 0 aliphatic heterocycles. The zero-order valence-corrected chi connectivity index (χ0v) is 20.5. The Morgan fingerprint density at radius 2 is 1.82 bits per heavy atom. The molecule has 3 aromatic rings. The number of rotatable bonds is 7. The molecule has 1 aromatic heterocycles. The van der Waals surface area contributed by atoms with Gasteiger partial charge < -0.3 is 10.1 Å². The molecule has 2 aromatic carbocycles. The van der Waals surface area contributed by atoms with Gasteiger partial charge in [-0.1, -0.05) is 38.1 Å². The number of non-ortho nitro benzene ring substituents is 1. The Morgan fingerprint density at radius 3 is 2.50 bits per heavy atom. The molecular weight excluding hydrogens is 500 g/mol. The van der Waals surface area contributed by atoms with Gasteiger partial charge in [-0.2, -0.15) is 0 Å². The van der Waals surface area contributed by atoms with Crippen LogP contribution in [0.1, 0.15) is 59.2 Å². The molecule has 0 unspecified atom stereocenters. The molecule has 9 heteroatoms. The summed E-state index contributed by atoms with van der Waals surface area (Å²) >= 11 is 3.50. The fraction of sp³-hybridized carbons (Fsp3) is 0.320. The average Bonchev–Trinajstić information content (AvgIpc) is 2.85. The third kappa shape index (κ3) is 4.94. The van der Waals surface area contributed by atoms with Crippen LogP contribution >= 0.6 is 15.9 Å². The van der Waals surface area contributed by atoms with E-state index in [2.05, 4.69) is 32.3 Å². The summed E-state index contributed by atoms with van der Waals surface area (Å²) in [6.07, 6.45) is 2.39. The largest absolute Gasteiger partial charge is 0.456 e. The molecule has 1 aliphatic rings. The second-order valence-corrected chi connectivity index (χ2v) is 8.82. The summed E-state index contributed by atoms with van der Waals surface area (Å²) in [5.74, 6) is 0.165. The van der Waals surface area contributed by atoms with Crippen LogP contribution in [0.25, 0.3) is 0 Å². The van der Waals surface area contributed by atoms with E-state index in [4.69, 9.17) is 9.72 Å². The number of benzene rings is 2. The van der Waals surface area contributed by atoms with Crippen LogP contribution in [0, 0.1) is 10.1 Å².